The number of carbonyl (C=O) groups is 2. The summed E-state index contributed by atoms with van der Waals surface area (Å²) in [6, 6.07) is 23.3. The van der Waals surface area contributed by atoms with Crippen molar-refractivity contribution in [2.24, 2.45) is 0 Å². The van der Waals surface area contributed by atoms with Gasteiger partial charge in [-0.1, -0.05) is 48.5 Å². The van der Waals surface area contributed by atoms with Crippen LogP contribution in [-0.4, -0.2) is 76.7 Å². The van der Waals surface area contributed by atoms with Gasteiger partial charge in [0.2, 0.25) is 0 Å². The zero-order chi connectivity index (χ0) is 30.0. The van der Waals surface area contributed by atoms with Crippen LogP contribution in [0.4, 0.5) is 10.5 Å². The predicted octanol–water partition coefficient (Wildman–Crippen LogP) is 5.42. The summed E-state index contributed by atoms with van der Waals surface area (Å²) < 4.78 is 28.2. The molecule has 1 saturated heterocycles. The number of anilines is 1. The van der Waals surface area contributed by atoms with E-state index in [9.17, 15) is 9.59 Å². The maximum Gasteiger partial charge on any atom is 0.410 e. The minimum absolute atomic E-state index is 0.0383. The summed E-state index contributed by atoms with van der Waals surface area (Å²) in [5, 5.41) is 0. The van der Waals surface area contributed by atoms with E-state index in [-0.39, 0.29) is 30.7 Å². The molecule has 0 spiro atoms. The van der Waals surface area contributed by atoms with E-state index in [0.717, 1.165) is 47.6 Å². The van der Waals surface area contributed by atoms with Crippen molar-refractivity contribution in [3.63, 3.8) is 0 Å². The third kappa shape index (κ3) is 7.86. The summed E-state index contributed by atoms with van der Waals surface area (Å²) >= 11 is 0. The molecular weight excluding hydrogens is 548 g/mol. The van der Waals surface area contributed by atoms with Gasteiger partial charge < -0.3 is 33.5 Å². The minimum Gasteiger partial charge on any atom is -0.490 e. The summed E-state index contributed by atoms with van der Waals surface area (Å²) in [6.07, 6.45) is 1.01. The van der Waals surface area contributed by atoms with Crippen molar-refractivity contribution < 1.29 is 33.3 Å². The number of hydrogen-bond donors (Lipinski definition) is 0. The normalized spacial score (nSPS) is 18.0. The summed E-state index contributed by atoms with van der Waals surface area (Å²) in [5.41, 5.74) is 4.59. The average Bonchev–Trinajstić information content (AvgIpc) is 3.06. The standard InChI is InChI=1S/C34H40N2O7/c1-39-19-6-16-35-18-20-41-31-14-9-26(21-30(31)35)24-42-32-22-36(34(38)43-23-25-7-4-3-5-8-25)17-15-29(32)27-10-12-28(13-11-27)33(37)40-2/h3-5,7-14,21,29,32H,6,15-20,22-24H2,1-2H3. The first-order chi connectivity index (χ1) is 21.1. The number of nitrogens with zero attached hydrogens (tertiary/aromatic N) is 2. The van der Waals surface area contributed by atoms with Crippen molar-refractivity contribution in [2.45, 2.75) is 38.1 Å². The van der Waals surface area contributed by atoms with Gasteiger partial charge in [-0.25, -0.2) is 9.59 Å². The quantitative estimate of drug-likeness (QED) is 0.217. The van der Waals surface area contributed by atoms with Crippen molar-refractivity contribution in [1.29, 1.82) is 0 Å². The van der Waals surface area contributed by atoms with Crippen molar-refractivity contribution in [3.8, 4) is 5.75 Å². The number of hydrogen-bond acceptors (Lipinski definition) is 8. The SMILES string of the molecule is COCCCN1CCOc2ccc(COC3CN(C(=O)OCc4ccccc4)CCC3c3ccc(C(=O)OC)cc3)cc21. The Kier molecular flexibility index (Phi) is 10.5. The van der Waals surface area contributed by atoms with Gasteiger partial charge in [0.1, 0.15) is 19.0 Å². The second-order valence-corrected chi connectivity index (χ2v) is 10.8. The van der Waals surface area contributed by atoms with Crippen molar-refractivity contribution in [1.82, 2.24) is 4.90 Å². The van der Waals surface area contributed by atoms with Gasteiger partial charge in [-0.05, 0) is 53.8 Å². The largest absolute Gasteiger partial charge is 0.490 e. The molecule has 3 aromatic rings. The lowest BCUT2D eigenvalue weighted by atomic mass is 9.86. The van der Waals surface area contributed by atoms with E-state index in [2.05, 4.69) is 11.0 Å². The highest BCUT2D eigenvalue weighted by Gasteiger charge is 2.34. The van der Waals surface area contributed by atoms with Crippen LogP contribution in [0, 0.1) is 0 Å². The third-order valence-electron chi connectivity index (χ3n) is 8.01. The molecule has 0 aliphatic carbocycles. The van der Waals surface area contributed by atoms with Gasteiger partial charge in [0.15, 0.2) is 0 Å². The molecule has 1 fully saturated rings. The van der Waals surface area contributed by atoms with E-state index in [4.69, 9.17) is 23.7 Å². The number of likely N-dealkylation sites (tertiary alicyclic amines) is 1. The highest BCUT2D eigenvalue weighted by molar-refractivity contribution is 5.89. The Morgan fingerprint density at radius 2 is 1.74 bits per heavy atom. The van der Waals surface area contributed by atoms with Crippen LogP contribution in [-0.2, 0) is 32.2 Å². The molecule has 0 bridgehead atoms. The Labute approximate surface area is 253 Å². The number of piperidine rings is 1. The van der Waals surface area contributed by atoms with Gasteiger partial charge in [-0.3, -0.25) is 0 Å². The van der Waals surface area contributed by atoms with Crippen molar-refractivity contribution in [3.05, 3.63) is 95.1 Å². The zero-order valence-corrected chi connectivity index (χ0v) is 24.9. The van der Waals surface area contributed by atoms with E-state index in [0.29, 0.717) is 44.9 Å². The van der Waals surface area contributed by atoms with Crippen LogP contribution in [0.2, 0.25) is 0 Å². The third-order valence-corrected chi connectivity index (χ3v) is 8.01. The highest BCUT2D eigenvalue weighted by atomic mass is 16.6. The molecule has 228 valence electrons. The summed E-state index contributed by atoms with van der Waals surface area (Å²) in [6.45, 7) is 4.63. The van der Waals surface area contributed by atoms with Crippen LogP contribution in [0.25, 0.3) is 0 Å². The van der Waals surface area contributed by atoms with Crippen LogP contribution in [0.5, 0.6) is 5.75 Å². The van der Waals surface area contributed by atoms with Gasteiger partial charge in [-0.15, -0.1) is 0 Å². The first-order valence-corrected chi connectivity index (χ1v) is 14.8. The first kappa shape index (κ1) is 30.4. The molecule has 2 aliphatic rings. The number of rotatable bonds is 11. The Morgan fingerprint density at radius 3 is 2.51 bits per heavy atom. The van der Waals surface area contributed by atoms with E-state index < -0.39 is 0 Å². The lowest BCUT2D eigenvalue weighted by molar-refractivity contribution is -0.0246. The van der Waals surface area contributed by atoms with E-state index in [1.54, 1.807) is 24.1 Å². The molecular formula is C34H40N2O7. The number of fused-ring (bicyclic) bond motifs is 1. The molecule has 1 amide bonds. The number of carbonyl (C=O) groups excluding carboxylic acids is 2. The Hall–Kier alpha value is -4.08. The minimum atomic E-state index is -0.372. The lowest BCUT2D eigenvalue weighted by Gasteiger charge is -2.38. The Balaban J connectivity index is 1.29. The molecule has 2 aliphatic heterocycles. The van der Waals surface area contributed by atoms with E-state index in [1.165, 1.54) is 7.11 Å². The van der Waals surface area contributed by atoms with Gasteiger partial charge in [0.05, 0.1) is 44.2 Å². The fourth-order valence-electron chi connectivity index (χ4n) is 5.67. The van der Waals surface area contributed by atoms with Crippen LogP contribution in [0.1, 0.15) is 45.8 Å². The molecule has 3 aromatic carbocycles. The summed E-state index contributed by atoms with van der Waals surface area (Å²) in [5.74, 6) is 0.542. The molecule has 5 rings (SSSR count). The topological polar surface area (TPSA) is 86.8 Å². The van der Waals surface area contributed by atoms with E-state index in [1.807, 2.05) is 54.6 Å². The fourth-order valence-corrected chi connectivity index (χ4v) is 5.67. The monoisotopic (exact) mass is 588 g/mol. The number of benzene rings is 3. The predicted molar refractivity (Wildman–Crippen MR) is 163 cm³/mol. The molecule has 9 nitrogen and oxygen atoms in total. The van der Waals surface area contributed by atoms with Gasteiger partial charge in [0.25, 0.3) is 0 Å². The first-order valence-electron chi connectivity index (χ1n) is 14.8. The number of esters is 1. The van der Waals surface area contributed by atoms with Crippen LogP contribution in [0.15, 0.2) is 72.8 Å². The van der Waals surface area contributed by atoms with Crippen LogP contribution >= 0.6 is 0 Å². The Bertz CT molecular complexity index is 1350. The summed E-state index contributed by atoms with van der Waals surface area (Å²) in [4.78, 5) is 29.1. The summed E-state index contributed by atoms with van der Waals surface area (Å²) in [7, 11) is 3.09. The molecule has 0 N–H and O–H groups in total. The van der Waals surface area contributed by atoms with Gasteiger partial charge >= 0.3 is 12.1 Å². The lowest BCUT2D eigenvalue weighted by Crippen LogP contribution is -2.47. The van der Waals surface area contributed by atoms with Crippen LogP contribution in [0.3, 0.4) is 0 Å². The molecule has 2 unspecified atom stereocenters. The molecule has 0 radical (unpaired) electrons. The zero-order valence-electron chi connectivity index (χ0n) is 24.9. The molecule has 43 heavy (non-hydrogen) atoms. The average molecular weight is 589 g/mol. The second-order valence-electron chi connectivity index (χ2n) is 10.8. The second kappa shape index (κ2) is 14.9. The van der Waals surface area contributed by atoms with Gasteiger partial charge in [-0.2, -0.15) is 0 Å². The van der Waals surface area contributed by atoms with Gasteiger partial charge in [0, 0.05) is 32.7 Å². The smallest absolute Gasteiger partial charge is 0.410 e. The van der Waals surface area contributed by atoms with E-state index >= 15 is 0 Å². The molecule has 2 atom stereocenters. The van der Waals surface area contributed by atoms with Crippen molar-refractivity contribution >= 4 is 17.7 Å². The number of ether oxygens (including phenoxy) is 5. The maximum absolute atomic E-state index is 13.1. The highest BCUT2D eigenvalue weighted by Crippen LogP contribution is 2.35. The maximum atomic E-state index is 13.1. The molecule has 9 heteroatoms. The number of amides is 1. The van der Waals surface area contributed by atoms with Crippen molar-refractivity contribution in [2.75, 3.05) is 58.5 Å². The Morgan fingerprint density at radius 1 is 0.930 bits per heavy atom. The van der Waals surface area contributed by atoms with Crippen LogP contribution < -0.4 is 9.64 Å². The molecule has 2 heterocycles. The number of methoxy groups -OCH3 is 2. The fraction of sp³-hybridized carbons (Fsp3) is 0.412. The molecule has 0 aromatic heterocycles. The molecule has 0 saturated carbocycles.